The number of alkyl halides is 5. The van der Waals surface area contributed by atoms with Crippen molar-refractivity contribution in [1.29, 1.82) is 0 Å². The Morgan fingerprint density at radius 3 is 2.47 bits per heavy atom. The Balaban J connectivity index is 3.36. The summed E-state index contributed by atoms with van der Waals surface area (Å²) in [4.78, 5) is 11.7. The van der Waals surface area contributed by atoms with Crippen molar-refractivity contribution in [3.63, 3.8) is 0 Å². The lowest BCUT2D eigenvalue weighted by Gasteiger charge is -2.14. The zero-order valence-electron chi connectivity index (χ0n) is 8.65. The maximum atomic E-state index is 12.8. The zero-order valence-corrected chi connectivity index (χ0v) is 11.0. The van der Waals surface area contributed by atoms with E-state index in [-0.39, 0.29) is 23.4 Å². The number of halogens is 5. The monoisotopic (exact) mass is 328 g/mol. The first-order valence-corrected chi connectivity index (χ1v) is 6.41. The Kier molecular flexibility index (Phi) is 5.01. The normalized spacial score (nSPS) is 11.6. The second-order valence-corrected chi connectivity index (χ2v) is 4.39. The molecule has 0 heterocycles. The van der Waals surface area contributed by atoms with Gasteiger partial charge in [-0.1, -0.05) is 28.1 Å². The molecule has 0 atom stereocenters. The fourth-order valence-electron chi connectivity index (χ4n) is 1.49. The third-order valence-corrected chi connectivity index (χ3v) is 2.88. The Morgan fingerprint density at radius 1 is 1.35 bits per heavy atom. The van der Waals surface area contributed by atoms with Gasteiger partial charge in [0.25, 0.3) is 0 Å². The topological polar surface area (TPSA) is 17.1 Å². The molecule has 0 spiro atoms. The summed E-state index contributed by atoms with van der Waals surface area (Å²) in [5, 5.41) is 0.319. The van der Waals surface area contributed by atoms with Crippen LogP contribution in [0.5, 0.6) is 0 Å². The number of rotatable bonds is 4. The summed E-state index contributed by atoms with van der Waals surface area (Å²) in [6.07, 6.45) is -4.53. The number of Topliss-reactive ketones (excluding diaryl/α,β-unsaturated/α-hetero) is 1. The van der Waals surface area contributed by atoms with E-state index in [1.165, 1.54) is 12.1 Å². The largest absolute Gasteiger partial charge is 0.417 e. The van der Waals surface area contributed by atoms with E-state index >= 15 is 0 Å². The smallest absolute Gasteiger partial charge is 0.294 e. The van der Waals surface area contributed by atoms with Gasteiger partial charge < -0.3 is 0 Å². The van der Waals surface area contributed by atoms with Crippen LogP contribution in [0.25, 0.3) is 0 Å². The van der Waals surface area contributed by atoms with Crippen LogP contribution in [0, 0.1) is 0 Å². The Labute approximate surface area is 110 Å². The maximum absolute atomic E-state index is 12.8. The van der Waals surface area contributed by atoms with Crippen LogP contribution in [0.4, 0.5) is 13.2 Å². The van der Waals surface area contributed by atoms with E-state index in [1.807, 2.05) is 0 Å². The molecule has 94 valence electrons. The van der Waals surface area contributed by atoms with E-state index in [2.05, 4.69) is 15.9 Å². The lowest BCUT2D eigenvalue weighted by Crippen LogP contribution is -2.15. The third-order valence-electron chi connectivity index (χ3n) is 2.20. The molecule has 0 fully saturated rings. The van der Waals surface area contributed by atoms with Crippen LogP contribution in [-0.4, -0.2) is 11.1 Å². The Hall–Kier alpha value is -0.550. The molecule has 0 bridgehead atoms. The van der Waals surface area contributed by atoms with E-state index in [0.717, 1.165) is 6.07 Å². The van der Waals surface area contributed by atoms with Gasteiger partial charge in [0.15, 0.2) is 5.78 Å². The van der Waals surface area contributed by atoms with Crippen LogP contribution in [0.15, 0.2) is 18.2 Å². The molecule has 0 aromatic heterocycles. The first-order valence-electron chi connectivity index (χ1n) is 4.76. The van der Waals surface area contributed by atoms with E-state index in [1.54, 1.807) is 0 Å². The third kappa shape index (κ3) is 3.45. The van der Waals surface area contributed by atoms with Gasteiger partial charge in [-0.3, -0.25) is 4.79 Å². The van der Waals surface area contributed by atoms with Gasteiger partial charge in [-0.2, -0.15) is 13.2 Å². The second-order valence-electron chi connectivity index (χ2n) is 3.33. The second kappa shape index (κ2) is 5.87. The van der Waals surface area contributed by atoms with Crippen molar-refractivity contribution < 1.29 is 18.0 Å². The van der Waals surface area contributed by atoms with Crippen molar-refractivity contribution in [3.05, 3.63) is 34.9 Å². The molecule has 0 amide bonds. The predicted octanol–water partition coefficient (Wildman–Crippen LogP) is 4.41. The standard InChI is InChI=1S/C11H9BrClF3O/c12-5-4-9(17)10-7(6-13)2-1-3-8(10)11(14,15)16/h1-3H,4-6H2. The van der Waals surface area contributed by atoms with Crippen LogP contribution in [0.1, 0.15) is 27.9 Å². The first kappa shape index (κ1) is 14.5. The fraction of sp³-hybridized carbons (Fsp3) is 0.364. The number of carbonyl (C=O) groups excluding carboxylic acids is 1. The number of ketones is 1. The fourth-order valence-corrected chi connectivity index (χ4v) is 2.07. The van der Waals surface area contributed by atoms with Gasteiger partial charge >= 0.3 is 6.18 Å². The van der Waals surface area contributed by atoms with Crippen LogP contribution >= 0.6 is 27.5 Å². The van der Waals surface area contributed by atoms with Crippen LogP contribution in [0.2, 0.25) is 0 Å². The van der Waals surface area contributed by atoms with Gasteiger partial charge in [0, 0.05) is 23.2 Å². The van der Waals surface area contributed by atoms with Gasteiger partial charge in [-0.25, -0.2) is 0 Å². The molecule has 0 saturated carbocycles. The highest BCUT2D eigenvalue weighted by atomic mass is 79.9. The number of carbonyl (C=O) groups is 1. The molecule has 1 aromatic rings. The highest BCUT2D eigenvalue weighted by Gasteiger charge is 2.35. The molecule has 0 aliphatic rings. The predicted molar refractivity (Wildman–Crippen MR) is 63.7 cm³/mol. The van der Waals surface area contributed by atoms with E-state index in [4.69, 9.17) is 11.6 Å². The van der Waals surface area contributed by atoms with E-state index in [0.29, 0.717) is 5.33 Å². The molecular formula is C11H9BrClF3O. The quantitative estimate of drug-likeness (QED) is 0.590. The molecule has 17 heavy (non-hydrogen) atoms. The lowest BCUT2D eigenvalue weighted by atomic mass is 9.96. The zero-order chi connectivity index (χ0) is 13.1. The average Bonchev–Trinajstić information content (AvgIpc) is 2.27. The molecule has 0 unspecified atom stereocenters. The van der Waals surface area contributed by atoms with E-state index < -0.39 is 17.5 Å². The van der Waals surface area contributed by atoms with Gasteiger partial charge in [-0.05, 0) is 11.6 Å². The molecule has 0 aliphatic heterocycles. The van der Waals surface area contributed by atoms with Crippen molar-refractivity contribution >= 4 is 33.3 Å². The van der Waals surface area contributed by atoms with Gasteiger partial charge in [0.2, 0.25) is 0 Å². The highest BCUT2D eigenvalue weighted by Crippen LogP contribution is 2.34. The van der Waals surface area contributed by atoms with Crippen molar-refractivity contribution in [1.82, 2.24) is 0 Å². The lowest BCUT2D eigenvalue weighted by molar-refractivity contribution is -0.138. The Morgan fingerprint density at radius 2 is 2.00 bits per heavy atom. The van der Waals surface area contributed by atoms with Gasteiger partial charge in [0.1, 0.15) is 0 Å². The molecule has 0 saturated heterocycles. The number of hydrogen-bond acceptors (Lipinski definition) is 1. The summed E-state index contributed by atoms with van der Waals surface area (Å²) in [5.74, 6) is -0.668. The summed E-state index contributed by atoms with van der Waals surface area (Å²) in [6, 6.07) is 3.59. The first-order chi connectivity index (χ1) is 7.91. The molecular weight excluding hydrogens is 320 g/mol. The van der Waals surface area contributed by atoms with Crippen LogP contribution in [-0.2, 0) is 12.1 Å². The molecule has 1 rings (SSSR count). The van der Waals surface area contributed by atoms with Crippen LogP contribution < -0.4 is 0 Å². The van der Waals surface area contributed by atoms with Gasteiger partial charge in [-0.15, -0.1) is 11.6 Å². The summed E-state index contributed by atoms with van der Waals surface area (Å²) in [6.45, 7) is 0. The summed E-state index contributed by atoms with van der Waals surface area (Å²) >= 11 is 8.60. The minimum atomic E-state index is -4.54. The molecule has 6 heteroatoms. The molecule has 0 radical (unpaired) electrons. The molecule has 1 nitrogen and oxygen atoms in total. The number of benzene rings is 1. The van der Waals surface area contributed by atoms with Crippen molar-refractivity contribution in [2.24, 2.45) is 0 Å². The minimum absolute atomic E-state index is 0.0109. The molecule has 1 aromatic carbocycles. The summed E-state index contributed by atoms with van der Waals surface area (Å²) < 4.78 is 38.3. The summed E-state index contributed by atoms with van der Waals surface area (Å²) in [7, 11) is 0. The van der Waals surface area contributed by atoms with Gasteiger partial charge in [0.05, 0.1) is 5.56 Å². The number of hydrogen-bond donors (Lipinski definition) is 0. The molecule has 0 aliphatic carbocycles. The van der Waals surface area contributed by atoms with Crippen LogP contribution in [0.3, 0.4) is 0 Å². The summed E-state index contributed by atoms with van der Waals surface area (Å²) in [5.41, 5.74) is -1.01. The maximum Gasteiger partial charge on any atom is 0.417 e. The highest BCUT2D eigenvalue weighted by molar-refractivity contribution is 9.09. The SMILES string of the molecule is O=C(CCBr)c1c(CCl)cccc1C(F)(F)F. The van der Waals surface area contributed by atoms with E-state index in [9.17, 15) is 18.0 Å². The van der Waals surface area contributed by atoms with Crippen molar-refractivity contribution in [2.75, 3.05) is 5.33 Å². The minimum Gasteiger partial charge on any atom is -0.294 e. The Bertz CT molecular complexity index is 418. The molecule has 0 N–H and O–H groups in total. The van der Waals surface area contributed by atoms with Crippen molar-refractivity contribution in [2.45, 2.75) is 18.5 Å². The average molecular weight is 330 g/mol. The van der Waals surface area contributed by atoms with Crippen molar-refractivity contribution in [3.8, 4) is 0 Å².